The van der Waals surface area contributed by atoms with Crippen LogP contribution in [-0.2, 0) is 23.8 Å². The molecule has 0 aromatic heterocycles. The molecule has 7 rings (SSSR count). The van der Waals surface area contributed by atoms with Crippen LogP contribution in [0.25, 0.3) is 11.1 Å². The summed E-state index contributed by atoms with van der Waals surface area (Å²) in [5.41, 5.74) is 10.0. The maximum Gasteiger partial charge on any atom is -1.00 e. The zero-order chi connectivity index (χ0) is 24.6. The molecule has 0 radical (unpaired) electrons. The first-order chi connectivity index (χ1) is 18.4. The first kappa shape index (κ1) is 29.6. The molecule has 0 heterocycles. The Bertz CT molecular complexity index is 1260. The topological polar surface area (TPSA) is 0 Å². The van der Waals surface area contributed by atoms with Crippen molar-refractivity contribution >= 4 is 7.68 Å². The molecule has 206 valence electrons. The summed E-state index contributed by atoms with van der Waals surface area (Å²) < 4.78 is 5.80. The van der Waals surface area contributed by atoms with E-state index in [9.17, 15) is 0 Å². The molecule has 0 nitrogen and oxygen atoms in total. The van der Waals surface area contributed by atoms with Crippen LogP contribution in [0.15, 0.2) is 52.4 Å². The third-order valence-corrected chi connectivity index (χ3v) is 15.6. The van der Waals surface area contributed by atoms with Gasteiger partial charge in [0.15, 0.2) is 0 Å². The molecule has 0 spiro atoms. The summed E-state index contributed by atoms with van der Waals surface area (Å²) in [5, 5.41) is 0. The van der Waals surface area contributed by atoms with Crippen molar-refractivity contribution in [3.05, 3.63) is 74.7 Å². The van der Waals surface area contributed by atoms with E-state index in [1.165, 1.54) is 109 Å². The molecule has 3 saturated carbocycles. The van der Waals surface area contributed by atoms with Crippen LogP contribution in [0.4, 0.5) is 0 Å². The van der Waals surface area contributed by atoms with Crippen molar-refractivity contribution in [1.29, 1.82) is 0 Å². The van der Waals surface area contributed by atoms with Crippen molar-refractivity contribution in [1.82, 2.24) is 0 Å². The Kier molecular flexibility index (Phi) is 10.1. The maximum atomic E-state index is 2.65. The van der Waals surface area contributed by atoms with Gasteiger partial charge in [0.25, 0.3) is 0 Å². The minimum absolute atomic E-state index is 0. The monoisotopic (exact) mass is 594 g/mol. The fraction of sp³-hybridized carbons (Fsp3) is 0.528. The fourth-order valence-corrected chi connectivity index (χ4v) is 14.2. The Morgan fingerprint density at radius 1 is 0.667 bits per heavy atom. The van der Waals surface area contributed by atoms with Crippen LogP contribution < -0.4 is 28.7 Å². The normalized spacial score (nSPS) is 20.8. The first-order valence-corrected chi connectivity index (χ1v) is 18.1. The van der Waals surface area contributed by atoms with E-state index in [2.05, 4.69) is 48.6 Å². The Hall–Kier alpha value is -0.916. The SMILES string of the molecule is C1=CC[C]([Ti+2](=[C]2CCCCC2)[c]2c(C3CCCCC3)ccc3c2Cc2cc(C4CCCCC4)ccc2-3)=C1.[Cl-].[Cl-]. The second kappa shape index (κ2) is 13.4. The van der Waals surface area contributed by atoms with Crippen molar-refractivity contribution < 1.29 is 42.2 Å². The van der Waals surface area contributed by atoms with Crippen LogP contribution >= 0.6 is 0 Å². The van der Waals surface area contributed by atoms with E-state index in [1.807, 2.05) is 11.6 Å². The van der Waals surface area contributed by atoms with Crippen molar-refractivity contribution in [2.45, 2.75) is 121 Å². The minimum atomic E-state index is -1.71. The second-order valence-corrected chi connectivity index (χ2v) is 16.7. The van der Waals surface area contributed by atoms with Gasteiger partial charge in [0, 0.05) is 0 Å². The van der Waals surface area contributed by atoms with Gasteiger partial charge in [-0.1, -0.05) is 0 Å². The van der Waals surface area contributed by atoms with Crippen LogP contribution in [0.5, 0.6) is 0 Å². The van der Waals surface area contributed by atoms with Crippen molar-refractivity contribution in [2.75, 3.05) is 0 Å². The molecule has 0 saturated heterocycles. The van der Waals surface area contributed by atoms with Crippen molar-refractivity contribution in [3.63, 3.8) is 0 Å². The predicted molar refractivity (Wildman–Crippen MR) is 156 cm³/mol. The molecule has 3 heteroatoms. The third kappa shape index (κ3) is 5.88. The van der Waals surface area contributed by atoms with Gasteiger partial charge in [0.1, 0.15) is 0 Å². The summed E-state index contributed by atoms with van der Waals surface area (Å²) in [6.45, 7) is 0. The molecular weight excluding hydrogens is 551 g/mol. The van der Waals surface area contributed by atoms with Crippen LogP contribution in [0.3, 0.4) is 0 Å². The van der Waals surface area contributed by atoms with Crippen molar-refractivity contribution in [3.8, 4) is 11.1 Å². The second-order valence-electron chi connectivity index (χ2n) is 12.7. The Balaban J connectivity index is 0.00000154. The maximum absolute atomic E-state index is 2.65. The number of rotatable bonds is 4. The molecule has 0 atom stereocenters. The molecular formula is C36H44Cl2Ti. The van der Waals surface area contributed by atoms with Gasteiger partial charge in [0.2, 0.25) is 0 Å². The molecule has 0 amide bonds. The molecule has 3 fully saturated rings. The summed E-state index contributed by atoms with van der Waals surface area (Å²) in [7, 11) is 0. The van der Waals surface area contributed by atoms with E-state index in [4.69, 9.17) is 0 Å². The molecule has 2 aromatic rings. The molecule has 0 unspecified atom stereocenters. The smallest absolute Gasteiger partial charge is 1.00 e. The third-order valence-electron chi connectivity index (χ3n) is 10.4. The zero-order valence-corrected chi connectivity index (χ0v) is 26.6. The Morgan fingerprint density at radius 3 is 2.03 bits per heavy atom. The fourth-order valence-electron chi connectivity index (χ4n) is 8.48. The molecule has 5 aliphatic rings. The van der Waals surface area contributed by atoms with E-state index in [0.29, 0.717) is 0 Å². The van der Waals surface area contributed by atoms with Crippen molar-refractivity contribution in [2.24, 2.45) is 0 Å². The largest absolute Gasteiger partial charge is 1.00 e. The average molecular weight is 596 g/mol. The molecule has 0 N–H and O–H groups in total. The van der Waals surface area contributed by atoms with Crippen LogP contribution in [-0.4, -0.2) is 3.81 Å². The summed E-state index contributed by atoms with van der Waals surface area (Å²) in [6, 6.07) is 12.9. The quantitative estimate of drug-likeness (QED) is 0.405. The first-order valence-electron chi connectivity index (χ1n) is 15.7. The van der Waals surface area contributed by atoms with E-state index in [-0.39, 0.29) is 24.8 Å². The van der Waals surface area contributed by atoms with E-state index < -0.39 is 17.4 Å². The van der Waals surface area contributed by atoms with Gasteiger partial charge in [-0.25, -0.2) is 0 Å². The molecule has 0 aliphatic heterocycles. The average Bonchev–Trinajstić information content (AvgIpc) is 3.63. The standard InChI is InChI=1S/C25H29.C6H10.C5H5.2ClH.Ti/c1-3-7-18(8-4-1)20-11-13-24-22(15-20)17-23-16-21(12-14-25(23)24)19-9-5-2-6-10-19;1-2-4-6-5-3-1;1-2-4-5-3-1;;;/h11-15,18-19H,1-10,17H2;1-5H2;1-3H,4H2;2*1H;/q;;;;;+2/p-2. The summed E-state index contributed by atoms with van der Waals surface area (Å²) in [5.74, 6) is 1.61. The summed E-state index contributed by atoms with van der Waals surface area (Å²) in [4.78, 5) is 0. The van der Waals surface area contributed by atoms with Crippen LogP contribution in [0.2, 0.25) is 0 Å². The minimum Gasteiger partial charge on any atom is -1.00 e. The number of hydrogen-bond donors (Lipinski definition) is 0. The van der Waals surface area contributed by atoms with Gasteiger partial charge in [-0.3, -0.25) is 0 Å². The molecule has 5 aliphatic carbocycles. The number of benzene rings is 2. The number of hydrogen-bond acceptors (Lipinski definition) is 0. The van der Waals surface area contributed by atoms with E-state index >= 15 is 0 Å². The molecule has 39 heavy (non-hydrogen) atoms. The van der Waals surface area contributed by atoms with Crippen LogP contribution in [0, 0.1) is 0 Å². The van der Waals surface area contributed by atoms with E-state index in [0.717, 1.165) is 11.8 Å². The number of allylic oxidation sites excluding steroid dienone is 4. The van der Waals surface area contributed by atoms with Gasteiger partial charge in [0.05, 0.1) is 0 Å². The van der Waals surface area contributed by atoms with E-state index in [1.54, 1.807) is 33.4 Å². The molecule has 0 bridgehead atoms. The number of fused-ring (bicyclic) bond motifs is 3. The summed E-state index contributed by atoms with van der Waals surface area (Å²) in [6.07, 6.45) is 31.2. The Labute approximate surface area is 255 Å². The van der Waals surface area contributed by atoms with Gasteiger partial charge in [-0.05, 0) is 0 Å². The zero-order valence-electron chi connectivity index (χ0n) is 23.6. The predicted octanol–water partition coefficient (Wildman–Crippen LogP) is 3.59. The summed E-state index contributed by atoms with van der Waals surface area (Å²) >= 11 is -1.71. The van der Waals surface area contributed by atoms with Crippen LogP contribution in [0.1, 0.15) is 137 Å². The van der Waals surface area contributed by atoms with Gasteiger partial charge >= 0.3 is 232 Å². The Morgan fingerprint density at radius 2 is 1.33 bits per heavy atom. The molecule has 2 aromatic carbocycles. The van der Waals surface area contributed by atoms with Gasteiger partial charge < -0.3 is 24.8 Å². The van der Waals surface area contributed by atoms with Gasteiger partial charge in [-0.15, -0.1) is 0 Å². The van der Waals surface area contributed by atoms with Gasteiger partial charge in [-0.2, -0.15) is 0 Å². The number of halogens is 2.